The standard InChI is InChI=1S/C10H11Cl2F3N2O2S/c1-17(3-2-10(13,14)15)20(18,19)9-7(11)4-6(16)5-8(9)12/h4-5H,2-3,16H2,1H3. The highest BCUT2D eigenvalue weighted by Gasteiger charge is 2.32. The van der Waals surface area contributed by atoms with E-state index in [0.717, 1.165) is 19.2 Å². The summed E-state index contributed by atoms with van der Waals surface area (Å²) < 4.78 is 61.2. The Bertz CT molecular complexity index is 582. The van der Waals surface area contributed by atoms with Crippen molar-refractivity contribution in [3.8, 4) is 0 Å². The zero-order valence-electron chi connectivity index (χ0n) is 10.2. The smallest absolute Gasteiger partial charge is 0.390 e. The molecule has 114 valence electrons. The molecule has 10 heteroatoms. The summed E-state index contributed by atoms with van der Waals surface area (Å²) in [4.78, 5) is -0.459. The van der Waals surface area contributed by atoms with Crippen LogP contribution in [-0.2, 0) is 10.0 Å². The summed E-state index contributed by atoms with van der Waals surface area (Å²) in [5.74, 6) is 0. The van der Waals surface area contributed by atoms with Gasteiger partial charge in [-0.25, -0.2) is 12.7 Å². The van der Waals surface area contributed by atoms with Crippen LogP contribution < -0.4 is 5.73 Å². The Hall–Kier alpha value is -0.700. The minimum absolute atomic E-state index is 0.150. The molecular formula is C10H11Cl2F3N2O2S. The molecule has 2 N–H and O–H groups in total. The Morgan fingerprint density at radius 2 is 1.70 bits per heavy atom. The van der Waals surface area contributed by atoms with Crippen LogP contribution in [0.5, 0.6) is 0 Å². The van der Waals surface area contributed by atoms with Crippen LogP contribution in [0.3, 0.4) is 0 Å². The number of nitrogens with two attached hydrogens (primary N) is 1. The summed E-state index contributed by atoms with van der Waals surface area (Å²) in [5, 5.41) is -0.484. The quantitative estimate of drug-likeness (QED) is 0.848. The van der Waals surface area contributed by atoms with Crippen LogP contribution in [0.1, 0.15) is 6.42 Å². The predicted molar refractivity (Wildman–Crippen MR) is 71.4 cm³/mol. The SMILES string of the molecule is CN(CCC(F)(F)F)S(=O)(=O)c1c(Cl)cc(N)cc1Cl. The van der Waals surface area contributed by atoms with E-state index in [1.807, 2.05) is 0 Å². The Balaban J connectivity index is 3.11. The highest BCUT2D eigenvalue weighted by atomic mass is 35.5. The molecule has 0 bridgehead atoms. The zero-order chi connectivity index (χ0) is 15.7. The predicted octanol–water partition coefficient (Wildman–Crippen LogP) is 3.15. The first-order valence-corrected chi connectivity index (χ1v) is 7.42. The van der Waals surface area contributed by atoms with Gasteiger partial charge in [0.1, 0.15) is 4.90 Å². The second-order valence-electron chi connectivity index (χ2n) is 4.01. The van der Waals surface area contributed by atoms with Gasteiger partial charge in [0.2, 0.25) is 10.0 Å². The highest BCUT2D eigenvalue weighted by molar-refractivity contribution is 7.89. The van der Waals surface area contributed by atoms with Crippen LogP contribution >= 0.6 is 23.2 Å². The van der Waals surface area contributed by atoms with Crippen LogP contribution in [0.4, 0.5) is 18.9 Å². The van der Waals surface area contributed by atoms with Crippen LogP contribution in [0.2, 0.25) is 10.0 Å². The van der Waals surface area contributed by atoms with Crippen LogP contribution in [-0.4, -0.2) is 32.5 Å². The molecule has 0 radical (unpaired) electrons. The van der Waals surface area contributed by atoms with Crippen LogP contribution in [0.15, 0.2) is 17.0 Å². The van der Waals surface area contributed by atoms with Gasteiger partial charge in [-0.05, 0) is 12.1 Å². The summed E-state index contributed by atoms with van der Waals surface area (Å²) in [6.07, 6.45) is -5.73. The zero-order valence-corrected chi connectivity index (χ0v) is 12.5. The number of anilines is 1. The lowest BCUT2D eigenvalue weighted by Crippen LogP contribution is -2.31. The number of hydrogen-bond donors (Lipinski definition) is 1. The summed E-state index contributed by atoms with van der Waals surface area (Å²) in [7, 11) is -3.21. The summed E-state index contributed by atoms with van der Waals surface area (Å²) in [6, 6.07) is 2.33. The molecule has 0 unspecified atom stereocenters. The van der Waals surface area contributed by atoms with Crippen molar-refractivity contribution in [1.29, 1.82) is 0 Å². The van der Waals surface area contributed by atoms with Crippen molar-refractivity contribution in [3.63, 3.8) is 0 Å². The Morgan fingerprint density at radius 1 is 1.25 bits per heavy atom. The summed E-state index contributed by atoms with van der Waals surface area (Å²) in [6.45, 7) is -0.733. The third-order valence-corrected chi connectivity index (χ3v) is 5.18. The minimum Gasteiger partial charge on any atom is -0.399 e. The molecule has 0 heterocycles. The molecule has 4 nitrogen and oxygen atoms in total. The first kappa shape index (κ1) is 17.4. The summed E-state index contributed by atoms with van der Waals surface area (Å²) >= 11 is 11.5. The largest absolute Gasteiger partial charge is 0.399 e. The van der Waals surface area contributed by atoms with Gasteiger partial charge >= 0.3 is 6.18 Å². The van der Waals surface area contributed by atoms with E-state index in [2.05, 4.69) is 0 Å². The maximum absolute atomic E-state index is 12.2. The molecule has 0 saturated heterocycles. The van der Waals surface area contributed by atoms with E-state index in [1.165, 1.54) is 0 Å². The van der Waals surface area contributed by atoms with Crippen LogP contribution in [0.25, 0.3) is 0 Å². The molecule has 0 aliphatic carbocycles. The number of benzene rings is 1. The van der Waals surface area contributed by atoms with E-state index in [-0.39, 0.29) is 15.7 Å². The molecule has 1 aromatic carbocycles. The van der Waals surface area contributed by atoms with Gasteiger partial charge in [-0.3, -0.25) is 0 Å². The fourth-order valence-corrected chi connectivity index (χ4v) is 3.73. The van der Waals surface area contributed by atoms with Crippen molar-refractivity contribution in [2.24, 2.45) is 0 Å². The average Bonchev–Trinajstić information content (AvgIpc) is 2.22. The van der Waals surface area contributed by atoms with E-state index in [9.17, 15) is 21.6 Å². The van der Waals surface area contributed by atoms with Crippen molar-refractivity contribution < 1.29 is 21.6 Å². The van der Waals surface area contributed by atoms with Gasteiger partial charge in [-0.15, -0.1) is 0 Å². The number of alkyl halides is 3. The first-order valence-electron chi connectivity index (χ1n) is 5.23. The maximum Gasteiger partial charge on any atom is 0.390 e. The van der Waals surface area contributed by atoms with Crippen molar-refractivity contribution in [3.05, 3.63) is 22.2 Å². The number of rotatable bonds is 4. The van der Waals surface area contributed by atoms with E-state index in [0.29, 0.717) is 4.31 Å². The molecule has 1 rings (SSSR count). The third-order valence-electron chi connectivity index (χ3n) is 2.40. The fourth-order valence-electron chi connectivity index (χ4n) is 1.39. The lowest BCUT2D eigenvalue weighted by molar-refractivity contribution is -0.135. The van der Waals surface area contributed by atoms with E-state index in [4.69, 9.17) is 28.9 Å². The average molecular weight is 351 g/mol. The molecule has 0 spiro atoms. The lowest BCUT2D eigenvalue weighted by Gasteiger charge is -2.19. The molecule has 0 atom stereocenters. The number of halogens is 5. The van der Waals surface area contributed by atoms with Gasteiger partial charge in [-0.2, -0.15) is 13.2 Å². The second-order valence-corrected chi connectivity index (χ2v) is 6.80. The molecule has 0 saturated carbocycles. The fraction of sp³-hybridized carbons (Fsp3) is 0.400. The molecule has 1 aromatic rings. The number of hydrogen-bond acceptors (Lipinski definition) is 3. The molecule has 0 fully saturated rings. The normalized spacial score (nSPS) is 12.9. The van der Waals surface area contributed by atoms with E-state index >= 15 is 0 Å². The van der Waals surface area contributed by atoms with Crippen LogP contribution in [0, 0.1) is 0 Å². The van der Waals surface area contributed by atoms with Gasteiger partial charge in [0.15, 0.2) is 0 Å². The molecular weight excluding hydrogens is 340 g/mol. The van der Waals surface area contributed by atoms with Crippen molar-refractivity contribution in [2.45, 2.75) is 17.5 Å². The van der Waals surface area contributed by atoms with E-state index < -0.39 is 34.1 Å². The molecule has 20 heavy (non-hydrogen) atoms. The van der Waals surface area contributed by atoms with Crippen molar-refractivity contribution in [2.75, 3.05) is 19.3 Å². The Kier molecular flexibility index (Phi) is 5.18. The number of sulfonamides is 1. The topological polar surface area (TPSA) is 63.4 Å². The summed E-state index contributed by atoms with van der Waals surface area (Å²) in [5.41, 5.74) is 5.59. The number of nitrogen functional groups attached to an aromatic ring is 1. The molecule has 0 aliphatic heterocycles. The van der Waals surface area contributed by atoms with Gasteiger partial charge in [0.05, 0.1) is 16.5 Å². The Labute approximate surface area is 124 Å². The van der Waals surface area contributed by atoms with Gasteiger partial charge < -0.3 is 5.73 Å². The number of nitrogens with zero attached hydrogens (tertiary/aromatic N) is 1. The molecule has 0 amide bonds. The lowest BCUT2D eigenvalue weighted by atomic mass is 10.3. The maximum atomic E-state index is 12.2. The minimum atomic E-state index is -4.46. The third kappa shape index (κ3) is 4.15. The first-order chi connectivity index (χ1) is 8.95. The van der Waals surface area contributed by atoms with Crippen molar-refractivity contribution >= 4 is 38.9 Å². The highest BCUT2D eigenvalue weighted by Crippen LogP contribution is 2.34. The molecule has 0 aliphatic rings. The molecule has 0 aromatic heterocycles. The van der Waals surface area contributed by atoms with E-state index in [1.54, 1.807) is 0 Å². The van der Waals surface area contributed by atoms with Gasteiger partial charge in [0.25, 0.3) is 0 Å². The Morgan fingerprint density at radius 3 is 2.10 bits per heavy atom. The monoisotopic (exact) mass is 350 g/mol. The second kappa shape index (κ2) is 5.97. The van der Waals surface area contributed by atoms with Gasteiger partial charge in [-0.1, -0.05) is 23.2 Å². The van der Waals surface area contributed by atoms with Crippen molar-refractivity contribution in [1.82, 2.24) is 4.31 Å². The van der Waals surface area contributed by atoms with Gasteiger partial charge in [0, 0.05) is 19.3 Å².